The van der Waals surface area contributed by atoms with Crippen LogP contribution >= 0.6 is 0 Å². The standard InChI is InChI=1S/C17H27N5O6/c1-9(23)13(14(18)24)19-15(25)10-4-2-7-22(10)17(27)11-5-3-6-21(11)12-8-28-20-16(12)26/h9-13,23H,2-8H2,1H3,(H2,18,24)(H,19,25)(H,20,26)/t9-,10+,11+,12+,13+/m1/s1. The molecule has 11 nitrogen and oxygen atoms in total. The SMILES string of the molecule is C[C@@H](O)[C@H](NC(=O)[C@@H]1CCCN1C(=O)[C@@H]1CCCN1[C@H]1CONC1=O)C(N)=O. The molecule has 0 bridgehead atoms. The summed E-state index contributed by atoms with van der Waals surface area (Å²) >= 11 is 0. The Bertz CT molecular complexity index is 656. The quantitative estimate of drug-likeness (QED) is 0.378. The Kier molecular flexibility index (Phi) is 6.16. The molecule has 156 valence electrons. The van der Waals surface area contributed by atoms with Crippen molar-refractivity contribution in [3.05, 3.63) is 0 Å². The van der Waals surface area contributed by atoms with Crippen molar-refractivity contribution in [2.75, 3.05) is 19.7 Å². The van der Waals surface area contributed by atoms with E-state index in [0.717, 1.165) is 6.42 Å². The number of aliphatic hydroxyl groups is 1. The van der Waals surface area contributed by atoms with E-state index < -0.39 is 42.1 Å². The zero-order chi connectivity index (χ0) is 20.4. The number of hydroxylamine groups is 1. The fourth-order valence-corrected chi connectivity index (χ4v) is 4.18. The van der Waals surface area contributed by atoms with Crippen LogP contribution in [0.1, 0.15) is 32.6 Å². The van der Waals surface area contributed by atoms with Crippen molar-refractivity contribution >= 4 is 23.6 Å². The molecule has 0 spiro atoms. The number of nitrogens with one attached hydrogen (secondary N) is 2. The first kappa shape index (κ1) is 20.5. The molecular weight excluding hydrogens is 370 g/mol. The molecule has 0 unspecified atom stereocenters. The van der Waals surface area contributed by atoms with Gasteiger partial charge in [-0.25, -0.2) is 5.48 Å². The van der Waals surface area contributed by atoms with Crippen LogP contribution < -0.4 is 16.5 Å². The van der Waals surface area contributed by atoms with E-state index in [1.54, 1.807) is 0 Å². The number of rotatable bonds is 6. The van der Waals surface area contributed by atoms with Gasteiger partial charge in [-0.2, -0.15) is 0 Å². The minimum absolute atomic E-state index is 0.182. The highest BCUT2D eigenvalue weighted by atomic mass is 16.7. The number of amides is 4. The normalized spacial score (nSPS) is 30.1. The lowest BCUT2D eigenvalue weighted by molar-refractivity contribution is -0.144. The van der Waals surface area contributed by atoms with Crippen molar-refractivity contribution in [3.8, 4) is 0 Å². The van der Waals surface area contributed by atoms with Crippen LogP contribution in [0.15, 0.2) is 0 Å². The number of hydrogen-bond acceptors (Lipinski definition) is 7. The van der Waals surface area contributed by atoms with Gasteiger partial charge in [0.25, 0.3) is 5.91 Å². The maximum absolute atomic E-state index is 13.2. The molecule has 0 radical (unpaired) electrons. The topological polar surface area (TPSA) is 154 Å². The summed E-state index contributed by atoms with van der Waals surface area (Å²) in [5.74, 6) is -1.82. The van der Waals surface area contributed by atoms with Gasteiger partial charge in [0.15, 0.2) is 0 Å². The van der Waals surface area contributed by atoms with Gasteiger partial charge in [-0.1, -0.05) is 0 Å². The zero-order valence-corrected chi connectivity index (χ0v) is 15.8. The van der Waals surface area contributed by atoms with Gasteiger partial charge in [0.1, 0.15) is 18.1 Å². The first-order chi connectivity index (χ1) is 13.3. The molecule has 3 rings (SSSR count). The van der Waals surface area contributed by atoms with Crippen molar-refractivity contribution in [1.29, 1.82) is 0 Å². The molecule has 0 saturated carbocycles. The van der Waals surface area contributed by atoms with Crippen LogP contribution in [0.3, 0.4) is 0 Å². The Hall–Kier alpha value is -2.24. The summed E-state index contributed by atoms with van der Waals surface area (Å²) in [6.45, 7) is 2.57. The van der Waals surface area contributed by atoms with Crippen molar-refractivity contribution < 1.29 is 29.1 Å². The lowest BCUT2D eigenvalue weighted by atomic mass is 10.1. The Balaban J connectivity index is 1.69. The highest BCUT2D eigenvalue weighted by molar-refractivity contribution is 5.93. The number of carbonyl (C=O) groups excluding carboxylic acids is 4. The summed E-state index contributed by atoms with van der Waals surface area (Å²) in [5.41, 5.74) is 7.54. The Morgan fingerprint density at radius 3 is 2.54 bits per heavy atom. The number of carbonyl (C=O) groups is 4. The van der Waals surface area contributed by atoms with Gasteiger partial charge >= 0.3 is 0 Å². The fourth-order valence-electron chi connectivity index (χ4n) is 4.18. The van der Waals surface area contributed by atoms with Crippen LogP contribution in [0.4, 0.5) is 0 Å². The van der Waals surface area contributed by atoms with Gasteiger partial charge in [0, 0.05) is 6.54 Å². The fraction of sp³-hybridized carbons (Fsp3) is 0.765. The summed E-state index contributed by atoms with van der Waals surface area (Å²) in [7, 11) is 0. The summed E-state index contributed by atoms with van der Waals surface area (Å²) in [6, 6.07) is -2.95. The molecule has 3 fully saturated rings. The molecule has 5 atom stereocenters. The lowest BCUT2D eigenvalue weighted by Gasteiger charge is -2.33. The average molecular weight is 397 g/mol. The van der Waals surface area contributed by atoms with E-state index in [2.05, 4.69) is 10.8 Å². The molecule has 3 aliphatic rings. The number of nitrogens with two attached hydrogens (primary N) is 1. The minimum Gasteiger partial charge on any atom is -0.391 e. The second-order valence-electron chi connectivity index (χ2n) is 7.51. The van der Waals surface area contributed by atoms with Crippen LogP contribution in [0.2, 0.25) is 0 Å². The van der Waals surface area contributed by atoms with Gasteiger partial charge in [0.2, 0.25) is 17.7 Å². The van der Waals surface area contributed by atoms with Crippen molar-refractivity contribution in [3.63, 3.8) is 0 Å². The molecule has 3 saturated heterocycles. The van der Waals surface area contributed by atoms with Gasteiger partial charge in [-0.15, -0.1) is 0 Å². The van der Waals surface area contributed by atoms with E-state index in [9.17, 15) is 24.3 Å². The first-order valence-corrected chi connectivity index (χ1v) is 9.57. The molecule has 0 aromatic heterocycles. The number of likely N-dealkylation sites (tertiary alicyclic amines) is 2. The second-order valence-corrected chi connectivity index (χ2v) is 7.51. The Morgan fingerprint density at radius 1 is 1.25 bits per heavy atom. The Labute approximate surface area is 162 Å². The van der Waals surface area contributed by atoms with Crippen molar-refractivity contribution in [2.45, 2.75) is 62.9 Å². The molecule has 0 aliphatic carbocycles. The Morgan fingerprint density at radius 2 is 1.93 bits per heavy atom. The molecular formula is C17H27N5O6. The van der Waals surface area contributed by atoms with Crippen LogP contribution in [0.25, 0.3) is 0 Å². The van der Waals surface area contributed by atoms with E-state index in [-0.39, 0.29) is 18.4 Å². The third-order valence-corrected chi connectivity index (χ3v) is 5.62. The molecule has 11 heteroatoms. The molecule has 0 aromatic rings. The molecule has 0 aromatic carbocycles. The smallest absolute Gasteiger partial charge is 0.263 e. The average Bonchev–Trinajstić information content (AvgIpc) is 3.37. The largest absolute Gasteiger partial charge is 0.391 e. The zero-order valence-electron chi connectivity index (χ0n) is 15.8. The summed E-state index contributed by atoms with van der Waals surface area (Å²) in [5, 5.41) is 12.1. The van der Waals surface area contributed by atoms with Crippen molar-refractivity contribution in [1.82, 2.24) is 20.6 Å². The predicted molar refractivity (Wildman–Crippen MR) is 95.2 cm³/mol. The first-order valence-electron chi connectivity index (χ1n) is 9.57. The predicted octanol–water partition coefficient (Wildman–Crippen LogP) is -2.78. The highest BCUT2D eigenvalue weighted by Gasteiger charge is 2.45. The van der Waals surface area contributed by atoms with Crippen LogP contribution in [0, 0.1) is 0 Å². The monoisotopic (exact) mass is 397 g/mol. The highest BCUT2D eigenvalue weighted by Crippen LogP contribution is 2.27. The second kappa shape index (κ2) is 8.41. The van der Waals surface area contributed by atoms with E-state index in [0.29, 0.717) is 32.4 Å². The summed E-state index contributed by atoms with van der Waals surface area (Å²) in [4.78, 5) is 57.6. The van der Waals surface area contributed by atoms with E-state index in [1.165, 1.54) is 11.8 Å². The number of hydrogen-bond donors (Lipinski definition) is 4. The van der Waals surface area contributed by atoms with Crippen LogP contribution in [-0.4, -0.2) is 88.5 Å². The molecule has 5 N–H and O–H groups in total. The molecule has 4 amide bonds. The van der Waals surface area contributed by atoms with Gasteiger partial charge < -0.3 is 21.1 Å². The van der Waals surface area contributed by atoms with Gasteiger partial charge in [0.05, 0.1) is 18.8 Å². The summed E-state index contributed by atoms with van der Waals surface area (Å²) in [6.07, 6.45) is 1.35. The van der Waals surface area contributed by atoms with Gasteiger partial charge in [-0.3, -0.25) is 28.9 Å². The number of nitrogens with zero attached hydrogens (tertiary/aromatic N) is 2. The van der Waals surface area contributed by atoms with Crippen molar-refractivity contribution in [2.24, 2.45) is 5.73 Å². The van der Waals surface area contributed by atoms with E-state index >= 15 is 0 Å². The minimum atomic E-state index is -1.22. The molecule has 3 heterocycles. The van der Waals surface area contributed by atoms with Gasteiger partial charge in [-0.05, 0) is 39.2 Å². The van der Waals surface area contributed by atoms with E-state index in [4.69, 9.17) is 10.6 Å². The van der Waals surface area contributed by atoms with Crippen LogP contribution in [0.5, 0.6) is 0 Å². The number of aliphatic hydroxyl groups excluding tert-OH is 1. The van der Waals surface area contributed by atoms with E-state index in [1.807, 2.05) is 4.90 Å². The molecule has 28 heavy (non-hydrogen) atoms. The van der Waals surface area contributed by atoms with Crippen LogP contribution in [-0.2, 0) is 24.0 Å². The maximum Gasteiger partial charge on any atom is 0.263 e. The number of primary amides is 1. The molecule has 3 aliphatic heterocycles. The third-order valence-electron chi connectivity index (χ3n) is 5.62. The lowest BCUT2D eigenvalue weighted by Crippen LogP contribution is -2.58. The summed E-state index contributed by atoms with van der Waals surface area (Å²) < 4.78 is 0. The third kappa shape index (κ3) is 3.96. The maximum atomic E-state index is 13.2.